The van der Waals surface area contributed by atoms with E-state index >= 15 is 0 Å². The SMILES string of the molecule is O=C(CN1C(=O)c2ccccc2C1=O)Nc1nc2scc(-c3ccccc3)n2n1. The highest BCUT2D eigenvalue weighted by Crippen LogP contribution is 2.26. The van der Waals surface area contributed by atoms with E-state index in [1.54, 1.807) is 28.8 Å². The lowest BCUT2D eigenvalue weighted by Gasteiger charge is -2.12. The topological polar surface area (TPSA) is 96.7 Å². The van der Waals surface area contributed by atoms with Crippen molar-refractivity contribution in [2.75, 3.05) is 11.9 Å². The third kappa shape index (κ3) is 2.88. The van der Waals surface area contributed by atoms with Gasteiger partial charge in [0.2, 0.25) is 10.9 Å². The number of nitrogens with zero attached hydrogens (tertiary/aromatic N) is 4. The van der Waals surface area contributed by atoms with E-state index in [0.29, 0.717) is 16.1 Å². The summed E-state index contributed by atoms with van der Waals surface area (Å²) in [6.45, 7) is -0.398. The molecule has 1 aliphatic heterocycles. The summed E-state index contributed by atoms with van der Waals surface area (Å²) in [6, 6.07) is 16.2. The normalized spacial score (nSPS) is 13.2. The fraction of sp³-hybridized carbons (Fsp3) is 0.0500. The number of aromatic nitrogens is 3. The first-order valence-corrected chi connectivity index (χ1v) is 9.64. The van der Waals surface area contributed by atoms with Gasteiger partial charge >= 0.3 is 0 Å². The molecule has 29 heavy (non-hydrogen) atoms. The van der Waals surface area contributed by atoms with Gasteiger partial charge in [0.25, 0.3) is 17.8 Å². The predicted octanol–water partition coefficient (Wildman–Crippen LogP) is 2.69. The number of hydrogen-bond donors (Lipinski definition) is 1. The van der Waals surface area contributed by atoms with Crippen LogP contribution in [0.5, 0.6) is 0 Å². The Bertz CT molecular complexity index is 1240. The third-order valence-electron chi connectivity index (χ3n) is 4.58. The number of hydrogen-bond acceptors (Lipinski definition) is 6. The van der Waals surface area contributed by atoms with Gasteiger partial charge in [0.1, 0.15) is 6.54 Å². The van der Waals surface area contributed by atoms with Crippen molar-refractivity contribution in [2.45, 2.75) is 0 Å². The van der Waals surface area contributed by atoms with Crippen LogP contribution in [0, 0.1) is 0 Å². The second kappa shape index (κ2) is 6.64. The monoisotopic (exact) mass is 403 g/mol. The maximum atomic E-state index is 12.4. The van der Waals surface area contributed by atoms with Crippen LogP contribution in [0.2, 0.25) is 0 Å². The molecule has 2 aromatic heterocycles. The molecule has 4 aromatic rings. The highest BCUT2D eigenvalue weighted by Gasteiger charge is 2.36. The van der Waals surface area contributed by atoms with Crippen molar-refractivity contribution in [3.8, 4) is 11.3 Å². The molecule has 5 rings (SSSR count). The van der Waals surface area contributed by atoms with E-state index in [1.165, 1.54) is 11.3 Å². The number of fused-ring (bicyclic) bond motifs is 2. The fourth-order valence-corrected chi connectivity index (χ4v) is 4.06. The summed E-state index contributed by atoms with van der Waals surface area (Å²) < 4.78 is 1.65. The fourth-order valence-electron chi connectivity index (χ4n) is 3.23. The molecule has 142 valence electrons. The molecule has 0 spiro atoms. The van der Waals surface area contributed by atoms with Gasteiger partial charge in [-0.2, -0.15) is 4.98 Å². The van der Waals surface area contributed by atoms with Gasteiger partial charge in [-0.3, -0.25) is 24.6 Å². The molecule has 0 saturated heterocycles. The number of rotatable bonds is 4. The molecule has 8 nitrogen and oxygen atoms in total. The van der Waals surface area contributed by atoms with Crippen molar-refractivity contribution >= 4 is 40.0 Å². The molecular formula is C20H13N5O3S. The highest BCUT2D eigenvalue weighted by molar-refractivity contribution is 7.15. The number of nitrogens with one attached hydrogen (secondary N) is 1. The average Bonchev–Trinajstić information content (AvgIpc) is 3.37. The third-order valence-corrected chi connectivity index (χ3v) is 5.40. The Labute approximate surface area is 168 Å². The van der Waals surface area contributed by atoms with Crippen LogP contribution in [0.15, 0.2) is 60.0 Å². The van der Waals surface area contributed by atoms with Crippen LogP contribution < -0.4 is 5.32 Å². The van der Waals surface area contributed by atoms with E-state index in [2.05, 4.69) is 15.4 Å². The Morgan fingerprint density at radius 1 is 0.966 bits per heavy atom. The van der Waals surface area contributed by atoms with Gasteiger partial charge in [-0.1, -0.05) is 42.5 Å². The average molecular weight is 403 g/mol. The lowest BCUT2D eigenvalue weighted by atomic mass is 10.1. The lowest BCUT2D eigenvalue weighted by Crippen LogP contribution is -2.37. The van der Waals surface area contributed by atoms with E-state index < -0.39 is 24.3 Å². The predicted molar refractivity (Wildman–Crippen MR) is 107 cm³/mol. The van der Waals surface area contributed by atoms with Crippen molar-refractivity contribution in [3.05, 3.63) is 71.1 Å². The molecule has 1 N–H and O–H groups in total. The van der Waals surface area contributed by atoms with Gasteiger partial charge < -0.3 is 0 Å². The van der Waals surface area contributed by atoms with Crippen LogP contribution in [0.3, 0.4) is 0 Å². The Hall–Kier alpha value is -3.85. The number of carbonyl (C=O) groups excluding carboxylic acids is 3. The van der Waals surface area contributed by atoms with E-state index in [1.807, 2.05) is 35.7 Å². The van der Waals surface area contributed by atoms with E-state index in [4.69, 9.17) is 0 Å². The molecule has 0 fully saturated rings. The Balaban J connectivity index is 1.34. The molecule has 0 unspecified atom stereocenters. The number of anilines is 1. The molecule has 3 amide bonds. The van der Waals surface area contributed by atoms with Crippen molar-refractivity contribution in [3.63, 3.8) is 0 Å². The molecule has 1 aliphatic rings. The molecule has 0 bridgehead atoms. The van der Waals surface area contributed by atoms with Crippen LogP contribution in [-0.2, 0) is 4.79 Å². The first kappa shape index (κ1) is 17.3. The van der Waals surface area contributed by atoms with Crippen LogP contribution >= 0.6 is 11.3 Å². The van der Waals surface area contributed by atoms with Gasteiger partial charge in [-0.15, -0.1) is 16.4 Å². The van der Waals surface area contributed by atoms with Crippen molar-refractivity contribution < 1.29 is 14.4 Å². The molecule has 0 atom stereocenters. The van der Waals surface area contributed by atoms with Gasteiger partial charge in [0.05, 0.1) is 16.8 Å². The van der Waals surface area contributed by atoms with Crippen LogP contribution in [0.1, 0.15) is 20.7 Å². The van der Waals surface area contributed by atoms with Crippen molar-refractivity contribution in [1.82, 2.24) is 19.5 Å². The molecule has 0 saturated carbocycles. The van der Waals surface area contributed by atoms with Crippen LogP contribution in [0.4, 0.5) is 5.95 Å². The molecule has 9 heteroatoms. The zero-order chi connectivity index (χ0) is 20.0. The Morgan fingerprint density at radius 3 is 2.31 bits per heavy atom. The first-order valence-electron chi connectivity index (χ1n) is 8.76. The second-order valence-electron chi connectivity index (χ2n) is 6.41. The first-order chi connectivity index (χ1) is 14.1. The largest absolute Gasteiger partial charge is 0.292 e. The van der Waals surface area contributed by atoms with Gasteiger partial charge in [0.15, 0.2) is 0 Å². The summed E-state index contributed by atoms with van der Waals surface area (Å²) in [5.41, 5.74) is 2.45. The van der Waals surface area contributed by atoms with Gasteiger partial charge in [-0.25, -0.2) is 4.52 Å². The summed E-state index contributed by atoms with van der Waals surface area (Å²) in [7, 11) is 0. The highest BCUT2D eigenvalue weighted by atomic mass is 32.1. The molecule has 2 aromatic carbocycles. The molecular weight excluding hydrogens is 390 g/mol. The summed E-state index contributed by atoms with van der Waals surface area (Å²) in [4.78, 5) is 43.0. The second-order valence-corrected chi connectivity index (χ2v) is 7.24. The maximum Gasteiger partial charge on any atom is 0.262 e. The minimum atomic E-state index is -0.543. The summed E-state index contributed by atoms with van der Waals surface area (Å²) >= 11 is 1.40. The van der Waals surface area contributed by atoms with Crippen molar-refractivity contribution in [1.29, 1.82) is 0 Å². The summed E-state index contributed by atoms with van der Waals surface area (Å²) in [6.07, 6.45) is 0. The maximum absolute atomic E-state index is 12.4. The molecule has 0 radical (unpaired) electrons. The van der Waals surface area contributed by atoms with Crippen molar-refractivity contribution in [2.24, 2.45) is 0 Å². The minimum absolute atomic E-state index is 0.121. The van der Waals surface area contributed by atoms with E-state index in [-0.39, 0.29) is 5.95 Å². The zero-order valence-electron chi connectivity index (χ0n) is 14.9. The Kier molecular flexibility index (Phi) is 3.95. The van der Waals surface area contributed by atoms with E-state index in [9.17, 15) is 14.4 Å². The molecule has 3 heterocycles. The van der Waals surface area contributed by atoms with Gasteiger partial charge in [0, 0.05) is 10.9 Å². The van der Waals surface area contributed by atoms with E-state index in [0.717, 1.165) is 16.2 Å². The number of thiazole rings is 1. The smallest absolute Gasteiger partial charge is 0.262 e. The lowest BCUT2D eigenvalue weighted by molar-refractivity contribution is -0.116. The molecule has 0 aliphatic carbocycles. The standard InChI is InChI=1S/C20H13N5O3S/c26-16(10-24-17(27)13-8-4-5-9-14(13)18(24)28)21-19-22-20-25(23-19)15(11-29-20)12-6-2-1-3-7-12/h1-9,11H,10H2,(H,21,23,26). The number of imide groups is 1. The van der Waals surface area contributed by atoms with Crippen LogP contribution in [-0.4, -0.2) is 43.8 Å². The zero-order valence-corrected chi connectivity index (χ0v) is 15.7. The van der Waals surface area contributed by atoms with Crippen LogP contribution in [0.25, 0.3) is 16.2 Å². The number of carbonyl (C=O) groups is 3. The number of benzene rings is 2. The quantitative estimate of drug-likeness (QED) is 0.529. The minimum Gasteiger partial charge on any atom is -0.292 e. The summed E-state index contributed by atoms with van der Waals surface area (Å²) in [5.74, 6) is -1.38. The Morgan fingerprint density at radius 2 is 1.62 bits per heavy atom. The summed E-state index contributed by atoms with van der Waals surface area (Å²) in [5, 5.41) is 8.85. The number of amides is 3. The van der Waals surface area contributed by atoms with Gasteiger partial charge in [-0.05, 0) is 12.1 Å².